The fraction of sp³-hybridized carbons (Fsp3) is 0.350. The molecule has 27 heavy (non-hydrogen) atoms. The molecule has 1 aromatic carbocycles. The van der Waals surface area contributed by atoms with E-state index in [1.54, 1.807) is 26.1 Å². The number of nitrogens with one attached hydrogen (secondary N) is 1. The number of hydrogen-bond acceptors (Lipinski definition) is 3. The Morgan fingerprint density at radius 2 is 2.07 bits per heavy atom. The van der Waals surface area contributed by atoms with Gasteiger partial charge >= 0.3 is 0 Å². The van der Waals surface area contributed by atoms with Crippen LogP contribution in [0, 0.1) is 17.7 Å². The van der Waals surface area contributed by atoms with Gasteiger partial charge in [-0.2, -0.15) is 5.10 Å². The van der Waals surface area contributed by atoms with Crippen molar-refractivity contribution in [1.82, 2.24) is 19.7 Å². The van der Waals surface area contributed by atoms with Gasteiger partial charge in [-0.15, -0.1) is 0 Å². The second-order valence-corrected chi connectivity index (χ2v) is 7.93. The lowest BCUT2D eigenvalue weighted by Gasteiger charge is -2.37. The van der Waals surface area contributed by atoms with E-state index in [0.717, 1.165) is 35.1 Å². The number of halogens is 2. The standard InChI is InChI=1S/C20H20ClFN4O/c1-20(2,27)5-4-12-6-14-16(15-8-23-24-19(15)21)11-26(13-9-25(3)10-13)18(14)7-17(12)22/h6-8,11,13,27H,9-10H2,1-3H3,(H,23,24). The third-order valence-electron chi connectivity index (χ3n) is 4.75. The zero-order valence-electron chi connectivity index (χ0n) is 15.3. The first-order chi connectivity index (χ1) is 12.7. The van der Waals surface area contributed by atoms with Crippen LogP contribution in [-0.2, 0) is 0 Å². The summed E-state index contributed by atoms with van der Waals surface area (Å²) in [6.45, 7) is 4.95. The number of aliphatic hydroxyl groups is 1. The van der Waals surface area contributed by atoms with Crippen molar-refractivity contribution in [2.75, 3.05) is 20.1 Å². The van der Waals surface area contributed by atoms with E-state index < -0.39 is 11.4 Å². The van der Waals surface area contributed by atoms with Crippen LogP contribution in [0.15, 0.2) is 24.5 Å². The summed E-state index contributed by atoms with van der Waals surface area (Å²) in [6.07, 6.45) is 3.74. The molecule has 4 rings (SSSR count). The molecule has 1 aliphatic rings. The van der Waals surface area contributed by atoms with Gasteiger partial charge in [-0.25, -0.2) is 4.39 Å². The molecule has 0 amide bonds. The molecule has 2 aromatic heterocycles. The molecule has 2 N–H and O–H groups in total. The molecule has 1 aliphatic heterocycles. The smallest absolute Gasteiger partial charge is 0.158 e. The van der Waals surface area contributed by atoms with Crippen molar-refractivity contribution >= 4 is 22.5 Å². The minimum absolute atomic E-state index is 0.244. The van der Waals surface area contributed by atoms with Gasteiger partial charge in [-0.3, -0.25) is 5.10 Å². The van der Waals surface area contributed by atoms with E-state index in [4.69, 9.17) is 11.6 Å². The molecule has 1 fully saturated rings. The normalized spacial score (nSPS) is 15.6. The third kappa shape index (κ3) is 3.34. The maximum atomic E-state index is 14.7. The Kier molecular flexibility index (Phi) is 4.26. The average Bonchev–Trinajstić information content (AvgIpc) is 3.12. The SMILES string of the molecule is CN1CC(n2cc(-c3c[nH]nc3Cl)c3cc(C#CC(C)(C)O)c(F)cc32)C1. The van der Waals surface area contributed by atoms with E-state index in [9.17, 15) is 9.50 Å². The summed E-state index contributed by atoms with van der Waals surface area (Å²) in [5.41, 5.74) is 1.49. The number of likely N-dealkylation sites (tertiary alicyclic amines) is 1. The van der Waals surface area contributed by atoms with Crippen molar-refractivity contribution in [2.24, 2.45) is 0 Å². The third-order valence-corrected chi connectivity index (χ3v) is 5.04. The summed E-state index contributed by atoms with van der Waals surface area (Å²) in [5.74, 6) is 5.02. The second kappa shape index (κ2) is 6.38. The van der Waals surface area contributed by atoms with E-state index in [1.165, 1.54) is 6.07 Å². The van der Waals surface area contributed by atoms with Gasteiger partial charge in [0.05, 0.1) is 17.1 Å². The zero-order valence-corrected chi connectivity index (χ0v) is 16.1. The monoisotopic (exact) mass is 386 g/mol. The van der Waals surface area contributed by atoms with Crippen molar-refractivity contribution in [2.45, 2.75) is 25.5 Å². The summed E-state index contributed by atoms with van der Waals surface area (Å²) in [6, 6.07) is 3.52. The van der Waals surface area contributed by atoms with Crippen molar-refractivity contribution < 1.29 is 9.50 Å². The highest BCUT2D eigenvalue weighted by molar-refractivity contribution is 6.32. The molecule has 0 aliphatic carbocycles. The van der Waals surface area contributed by atoms with Gasteiger partial charge in [-0.05, 0) is 33.0 Å². The fourth-order valence-corrected chi connectivity index (χ4v) is 3.61. The van der Waals surface area contributed by atoms with Crippen molar-refractivity contribution in [1.29, 1.82) is 0 Å². The Bertz CT molecular complexity index is 1080. The Hall–Kier alpha value is -2.33. The lowest BCUT2D eigenvalue weighted by atomic mass is 10.0. The van der Waals surface area contributed by atoms with Crippen LogP contribution in [0.2, 0.25) is 5.15 Å². The molecule has 5 nitrogen and oxygen atoms in total. The number of aromatic amines is 1. The summed E-state index contributed by atoms with van der Waals surface area (Å²) in [7, 11) is 2.06. The number of fused-ring (bicyclic) bond motifs is 1. The first kappa shape index (κ1) is 18.1. The van der Waals surface area contributed by atoms with Gasteiger partial charge < -0.3 is 14.6 Å². The predicted molar refractivity (Wildman–Crippen MR) is 104 cm³/mol. The quantitative estimate of drug-likeness (QED) is 0.663. The van der Waals surface area contributed by atoms with Crippen LogP contribution in [0.5, 0.6) is 0 Å². The van der Waals surface area contributed by atoms with Gasteiger partial charge in [0.2, 0.25) is 0 Å². The van der Waals surface area contributed by atoms with Crippen molar-refractivity contribution in [3.05, 3.63) is 41.1 Å². The van der Waals surface area contributed by atoms with Gasteiger partial charge in [0, 0.05) is 42.0 Å². The van der Waals surface area contributed by atoms with E-state index in [1.807, 2.05) is 6.20 Å². The highest BCUT2D eigenvalue weighted by Gasteiger charge is 2.28. The highest BCUT2D eigenvalue weighted by atomic mass is 35.5. The van der Waals surface area contributed by atoms with Crippen LogP contribution in [0.4, 0.5) is 4.39 Å². The lowest BCUT2D eigenvalue weighted by Crippen LogP contribution is -2.44. The lowest BCUT2D eigenvalue weighted by molar-refractivity contribution is 0.143. The first-order valence-corrected chi connectivity index (χ1v) is 9.08. The average molecular weight is 387 g/mol. The predicted octanol–water partition coefficient (Wildman–Crippen LogP) is 3.43. The maximum absolute atomic E-state index is 14.7. The van der Waals surface area contributed by atoms with Crippen LogP contribution >= 0.6 is 11.6 Å². The summed E-state index contributed by atoms with van der Waals surface area (Å²) >= 11 is 6.23. The van der Waals surface area contributed by atoms with Crippen LogP contribution in [0.3, 0.4) is 0 Å². The fourth-order valence-electron chi connectivity index (χ4n) is 3.41. The Balaban J connectivity index is 1.92. The highest BCUT2D eigenvalue weighted by Crippen LogP contribution is 2.37. The molecular weight excluding hydrogens is 367 g/mol. The molecule has 0 spiro atoms. The van der Waals surface area contributed by atoms with E-state index in [2.05, 4.69) is 38.6 Å². The van der Waals surface area contributed by atoms with Crippen LogP contribution in [-0.4, -0.2) is 50.5 Å². The molecule has 3 aromatic rings. The molecule has 140 valence electrons. The number of hydrogen-bond donors (Lipinski definition) is 2. The van der Waals surface area contributed by atoms with Gasteiger partial charge in [-0.1, -0.05) is 23.4 Å². The van der Waals surface area contributed by atoms with Crippen LogP contribution in [0.25, 0.3) is 22.0 Å². The zero-order chi connectivity index (χ0) is 19.3. The minimum atomic E-state index is -1.19. The number of likely N-dealkylation sites (N-methyl/N-ethyl adjacent to an activating group) is 1. The molecule has 3 heterocycles. The van der Waals surface area contributed by atoms with Crippen LogP contribution in [0.1, 0.15) is 25.5 Å². The Morgan fingerprint density at radius 3 is 2.67 bits per heavy atom. The number of benzene rings is 1. The topological polar surface area (TPSA) is 57.1 Å². The molecule has 0 saturated carbocycles. The number of aromatic nitrogens is 3. The Labute approximate surface area is 161 Å². The van der Waals surface area contributed by atoms with Gasteiger partial charge in [0.1, 0.15) is 11.4 Å². The first-order valence-electron chi connectivity index (χ1n) is 8.71. The summed E-state index contributed by atoms with van der Waals surface area (Å²) in [4.78, 5) is 2.21. The van der Waals surface area contributed by atoms with E-state index in [0.29, 0.717) is 5.15 Å². The van der Waals surface area contributed by atoms with E-state index >= 15 is 0 Å². The number of nitrogens with zero attached hydrogens (tertiary/aromatic N) is 3. The largest absolute Gasteiger partial charge is 0.378 e. The molecule has 7 heteroatoms. The van der Waals surface area contributed by atoms with Crippen LogP contribution < -0.4 is 0 Å². The molecule has 0 radical (unpaired) electrons. The van der Waals surface area contributed by atoms with Gasteiger partial charge in [0.25, 0.3) is 0 Å². The van der Waals surface area contributed by atoms with Gasteiger partial charge in [0.15, 0.2) is 5.15 Å². The van der Waals surface area contributed by atoms with Crippen molar-refractivity contribution in [3.63, 3.8) is 0 Å². The van der Waals surface area contributed by atoms with E-state index in [-0.39, 0.29) is 11.6 Å². The number of rotatable bonds is 2. The minimum Gasteiger partial charge on any atom is -0.378 e. The molecular formula is C20H20ClFN4O. The molecule has 0 bridgehead atoms. The molecule has 1 saturated heterocycles. The maximum Gasteiger partial charge on any atom is 0.158 e. The van der Waals surface area contributed by atoms with Crippen molar-refractivity contribution in [3.8, 4) is 23.0 Å². The summed E-state index contributed by atoms with van der Waals surface area (Å²) < 4.78 is 16.8. The molecule has 0 atom stereocenters. The number of H-pyrrole nitrogens is 1. The Morgan fingerprint density at radius 1 is 1.33 bits per heavy atom. The molecule has 0 unspecified atom stereocenters. The second-order valence-electron chi connectivity index (χ2n) is 7.57. The summed E-state index contributed by atoms with van der Waals surface area (Å²) in [5, 5.41) is 17.8.